The first-order valence-corrected chi connectivity index (χ1v) is 5.90. The lowest BCUT2D eigenvalue weighted by molar-refractivity contribution is -0.455. The minimum Gasteiger partial charge on any atom is -0.465 e. The van der Waals surface area contributed by atoms with Gasteiger partial charge in [-0.1, -0.05) is 0 Å². The molecule has 0 N–H and O–H groups in total. The van der Waals surface area contributed by atoms with E-state index in [2.05, 4.69) is 0 Å². The van der Waals surface area contributed by atoms with Crippen LogP contribution in [0.1, 0.15) is 13.3 Å². The molecule has 0 aromatic carbocycles. The fraction of sp³-hybridized carbons (Fsp3) is 0.917. The largest absolute Gasteiger partial charge is 0.465 e. The third-order valence-corrected chi connectivity index (χ3v) is 6.50. The molecular formula is C12H14O2. The van der Waals surface area contributed by atoms with Crippen LogP contribution in [0.2, 0.25) is 0 Å². The molecule has 0 radical (unpaired) electrons. The Morgan fingerprint density at radius 3 is 2.57 bits per heavy atom. The Bertz CT molecular complexity index is 351. The summed E-state index contributed by atoms with van der Waals surface area (Å²) in [6.07, 6.45) is 1.53. The molecule has 4 unspecified atom stereocenters. The Balaban J connectivity index is 1.47. The molecule has 0 aromatic heterocycles. The summed E-state index contributed by atoms with van der Waals surface area (Å²) in [5.74, 6) is 7.27. The van der Waals surface area contributed by atoms with Crippen molar-refractivity contribution >= 4 is 5.97 Å². The van der Waals surface area contributed by atoms with Gasteiger partial charge in [-0.15, -0.1) is 0 Å². The molecular weight excluding hydrogens is 176 g/mol. The van der Waals surface area contributed by atoms with Gasteiger partial charge >= 0.3 is 5.97 Å². The van der Waals surface area contributed by atoms with Crippen molar-refractivity contribution < 1.29 is 9.53 Å². The second-order valence-corrected chi connectivity index (χ2v) is 6.19. The molecule has 0 heterocycles. The van der Waals surface area contributed by atoms with E-state index in [1.54, 1.807) is 0 Å². The van der Waals surface area contributed by atoms with Crippen LogP contribution < -0.4 is 0 Å². The van der Waals surface area contributed by atoms with Crippen molar-refractivity contribution in [1.29, 1.82) is 0 Å². The van der Waals surface area contributed by atoms with Gasteiger partial charge in [0, 0.05) is 12.3 Å². The normalized spacial score (nSPS) is 72.5. The summed E-state index contributed by atoms with van der Waals surface area (Å²) in [6, 6.07) is 0. The van der Waals surface area contributed by atoms with E-state index in [1.165, 1.54) is 13.3 Å². The van der Waals surface area contributed by atoms with Crippen LogP contribution in [0.4, 0.5) is 0 Å². The second-order valence-electron chi connectivity index (χ2n) is 6.19. The van der Waals surface area contributed by atoms with Crippen LogP contribution in [0.3, 0.4) is 0 Å². The number of esters is 1. The topological polar surface area (TPSA) is 26.3 Å². The summed E-state index contributed by atoms with van der Waals surface area (Å²) in [5.41, 5.74) is 0.540. The Morgan fingerprint density at radius 2 is 2.00 bits per heavy atom. The van der Waals surface area contributed by atoms with Crippen molar-refractivity contribution in [2.24, 2.45) is 46.8 Å². The molecule has 6 aliphatic carbocycles. The Labute approximate surface area is 83.0 Å². The highest BCUT2D eigenvalue weighted by molar-refractivity contribution is 5.66. The smallest absolute Gasteiger partial charge is 0.302 e. The number of hydrogen-bond donors (Lipinski definition) is 0. The van der Waals surface area contributed by atoms with Gasteiger partial charge in [0.05, 0.1) is 6.61 Å². The highest BCUT2D eigenvalue weighted by Gasteiger charge is 2.97. The third kappa shape index (κ3) is 0.356. The van der Waals surface area contributed by atoms with Crippen molar-refractivity contribution in [3.05, 3.63) is 0 Å². The summed E-state index contributed by atoms with van der Waals surface area (Å²) in [4.78, 5) is 10.8. The third-order valence-electron chi connectivity index (χ3n) is 6.50. The van der Waals surface area contributed by atoms with Crippen LogP contribution in [0.5, 0.6) is 0 Å². The van der Waals surface area contributed by atoms with Crippen molar-refractivity contribution in [2.75, 3.05) is 6.61 Å². The quantitative estimate of drug-likeness (QED) is 0.614. The zero-order chi connectivity index (χ0) is 9.24. The highest BCUT2D eigenvalue weighted by atomic mass is 16.5. The predicted octanol–water partition coefficient (Wildman–Crippen LogP) is 1.31. The molecule has 0 aromatic rings. The van der Waals surface area contributed by atoms with E-state index in [0.29, 0.717) is 5.41 Å². The van der Waals surface area contributed by atoms with E-state index in [9.17, 15) is 4.79 Å². The molecule has 2 bridgehead atoms. The van der Waals surface area contributed by atoms with Crippen LogP contribution >= 0.6 is 0 Å². The minimum atomic E-state index is -0.0858. The molecule has 6 fully saturated rings. The molecule has 2 nitrogen and oxygen atoms in total. The highest BCUT2D eigenvalue weighted by Crippen LogP contribution is 2.99. The summed E-state index contributed by atoms with van der Waals surface area (Å²) in [5, 5.41) is 0. The van der Waals surface area contributed by atoms with Gasteiger partial charge in [-0.25, -0.2) is 0 Å². The van der Waals surface area contributed by atoms with E-state index < -0.39 is 0 Å². The monoisotopic (exact) mass is 190 g/mol. The van der Waals surface area contributed by atoms with Crippen LogP contribution in [0.25, 0.3) is 0 Å². The van der Waals surface area contributed by atoms with E-state index in [0.717, 1.165) is 48.0 Å². The summed E-state index contributed by atoms with van der Waals surface area (Å²) < 4.78 is 5.27. The molecule has 6 aliphatic rings. The molecule has 6 saturated carbocycles. The lowest BCUT2D eigenvalue weighted by atomic mass is 9.13. The van der Waals surface area contributed by atoms with Gasteiger partial charge in [-0.3, -0.25) is 4.79 Å². The molecule has 74 valence electrons. The Kier molecular flexibility index (Phi) is 0.763. The average Bonchev–Trinajstić information content (AvgIpc) is 2.40. The standard InChI is InChI=1S/C12H14O2/c1-4(13)14-3-12-9-6-2-5-7(9)11(12)8(5)10(6)12/h5-11H,2-3H2,1H3. The van der Waals surface area contributed by atoms with Gasteiger partial charge in [0.2, 0.25) is 0 Å². The van der Waals surface area contributed by atoms with E-state index in [-0.39, 0.29) is 5.97 Å². The molecule has 0 saturated heterocycles. The van der Waals surface area contributed by atoms with Crippen molar-refractivity contribution in [3.63, 3.8) is 0 Å². The SMILES string of the molecule is CC(=O)OCC12C3C4CC5C3C1C5C42. The number of hydrogen-bond acceptors (Lipinski definition) is 2. The molecule has 2 heteroatoms. The van der Waals surface area contributed by atoms with Gasteiger partial charge in [0.1, 0.15) is 0 Å². The van der Waals surface area contributed by atoms with Gasteiger partial charge in [-0.2, -0.15) is 0 Å². The molecule has 0 aliphatic heterocycles. The Morgan fingerprint density at radius 1 is 1.29 bits per heavy atom. The fourth-order valence-corrected chi connectivity index (χ4v) is 6.65. The van der Waals surface area contributed by atoms with Crippen LogP contribution in [-0.2, 0) is 9.53 Å². The van der Waals surface area contributed by atoms with Crippen molar-refractivity contribution in [3.8, 4) is 0 Å². The molecule has 6 rings (SSSR count). The maximum atomic E-state index is 10.8. The van der Waals surface area contributed by atoms with E-state index in [4.69, 9.17) is 4.74 Å². The van der Waals surface area contributed by atoms with E-state index in [1.807, 2.05) is 0 Å². The van der Waals surface area contributed by atoms with Gasteiger partial charge in [-0.05, 0) is 47.8 Å². The van der Waals surface area contributed by atoms with Gasteiger partial charge in [0.15, 0.2) is 0 Å². The first-order valence-electron chi connectivity index (χ1n) is 5.90. The first kappa shape index (κ1) is 6.86. The predicted molar refractivity (Wildman–Crippen MR) is 48.1 cm³/mol. The molecule has 0 amide bonds. The molecule has 0 spiro atoms. The maximum Gasteiger partial charge on any atom is 0.302 e. The minimum absolute atomic E-state index is 0.0858. The van der Waals surface area contributed by atoms with Gasteiger partial charge in [0.25, 0.3) is 0 Å². The van der Waals surface area contributed by atoms with Crippen LogP contribution in [0.15, 0.2) is 0 Å². The number of carbonyl (C=O) groups is 1. The fourth-order valence-electron chi connectivity index (χ4n) is 6.65. The van der Waals surface area contributed by atoms with Gasteiger partial charge < -0.3 is 4.74 Å². The van der Waals surface area contributed by atoms with E-state index >= 15 is 0 Å². The number of ether oxygens (including phenoxy) is 1. The van der Waals surface area contributed by atoms with Crippen LogP contribution in [0, 0.1) is 46.8 Å². The Hall–Kier alpha value is -0.530. The summed E-state index contributed by atoms with van der Waals surface area (Å²) in [6.45, 7) is 2.30. The molecule has 14 heavy (non-hydrogen) atoms. The first-order chi connectivity index (χ1) is 6.77. The summed E-state index contributed by atoms with van der Waals surface area (Å²) in [7, 11) is 0. The van der Waals surface area contributed by atoms with Crippen molar-refractivity contribution in [1.82, 2.24) is 0 Å². The lowest BCUT2D eigenvalue weighted by Crippen LogP contribution is -2.89. The zero-order valence-corrected chi connectivity index (χ0v) is 8.27. The maximum absolute atomic E-state index is 10.8. The number of carbonyl (C=O) groups excluding carboxylic acids is 1. The van der Waals surface area contributed by atoms with Crippen LogP contribution in [-0.4, -0.2) is 12.6 Å². The summed E-state index contributed by atoms with van der Waals surface area (Å²) >= 11 is 0. The number of rotatable bonds is 2. The molecule has 4 atom stereocenters. The second kappa shape index (κ2) is 1.56. The average molecular weight is 190 g/mol. The van der Waals surface area contributed by atoms with Crippen molar-refractivity contribution in [2.45, 2.75) is 13.3 Å². The lowest BCUT2D eigenvalue weighted by Gasteiger charge is -2.90. The zero-order valence-electron chi connectivity index (χ0n) is 8.27.